The summed E-state index contributed by atoms with van der Waals surface area (Å²) in [7, 11) is 0. The zero-order chi connectivity index (χ0) is 50.0. The van der Waals surface area contributed by atoms with E-state index in [1.165, 1.54) is 167 Å². The molecule has 0 amide bonds. The molecule has 0 aromatic heterocycles. The van der Waals surface area contributed by atoms with E-state index in [2.05, 4.69) is 81.5 Å². The summed E-state index contributed by atoms with van der Waals surface area (Å²) >= 11 is 0. The van der Waals surface area contributed by atoms with Gasteiger partial charge in [0, 0.05) is 19.3 Å². The van der Waals surface area contributed by atoms with E-state index in [9.17, 15) is 14.4 Å². The van der Waals surface area contributed by atoms with Gasteiger partial charge in [-0.3, -0.25) is 14.4 Å². The summed E-state index contributed by atoms with van der Waals surface area (Å²) < 4.78 is 16.9. The second kappa shape index (κ2) is 57.7. The monoisotopic (exact) mass is 965 g/mol. The highest BCUT2D eigenvalue weighted by Gasteiger charge is 2.19. The molecular formula is C63H112O6. The van der Waals surface area contributed by atoms with E-state index in [0.717, 1.165) is 96.3 Å². The van der Waals surface area contributed by atoms with Crippen molar-refractivity contribution in [3.05, 3.63) is 60.8 Å². The van der Waals surface area contributed by atoms with E-state index in [4.69, 9.17) is 14.2 Å². The van der Waals surface area contributed by atoms with Gasteiger partial charge in [-0.15, -0.1) is 0 Å². The van der Waals surface area contributed by atoms with E-state index in [-0.39, 0.29) is 31.1 Å². The summed E-state index contributed by atoms with van der Waals surface area (Å²) in [5.74, 6) is -0.898. The molecule has 0 aliphatic heterocycles. The van der Waals surface area contributed by atoms with E-state index in [1.807, 2.05) is 0 Å². The highest BCUT2D eigenvalue weighted by Crippen LogP contribution is 2.17. The van der Waals surface area contributed by atoms with Crippen molar-refractivity contribution in [3.8, 4) is 0 Å². The first-order chi connectivity index (χ1) is 34.0. The number of carbonyl (C=O) groups excluding carboxylic acids is 3. The SMILES string of the molecule is CC/C=C\C/C=C\C/C=C\C/C=C\C/C=C\CCCCCC(=O)OC[C@@H](COC(=O)CCCCCCCCCCCCCCC)OC(=O)CCCCCCCCCCCCCCCCCCCCC. The van der Waals surface area contributed by atoms with Crippen LogP contribution in [0.15, 0.2) is 60.8 Å². The number of allylic oxidation sites excluding steroid dienone is 10. The number of ether oxygens (including phenoxy) is 3. The predicted molar refractivity (Wildman–Crippen MR) is 298 cm³/mol. The van der Waals surface area contributed by atoms with E-state index < -0.39 is 6.10 Å². The van der Waals surface area contributed by atoms with Gasteiger partial charge in [0.2, 0.25) is 0 Å². The third-order valence-electron chi connectivity index (χ3n) is 13.0. The Labute approximate surface area is 428 Å². The Balaban J connectivity index is 4.38. The normalized spacial score (nSPS) is 12.4. The van der Waals surface area contributed by atoms with Gasteiger partial charge in [-0.05, 0) is 64.2 Å². The van der Waals surface area contributed by atoms with E-state index in [1.54, 1.807) is 0 Å². The van der Waals surface area contributed by atoms with Crippen LogP contribution < -0.4 is 0 Å². The Morgan fingerprint density at radius 2 is 0.565 bits per heavy atom. The Bertz CT molecular complexity index is 1250. The highest BCUT2D eigenvalue weighted by atomic mass is 16.6. The number of carbonyl (C=O) groups is 3. The van der Waals surface area contributed by atoms with Crippen LogP contribution in [-0.2, 0) is 28.6 Å². The first kappa shape index (κ1) is 66.1. The Kier molecular flexibility index (Phi) is 55.3. The third-order valence-corrected chi connectivity index (χ3v) is 13.0. The minimum absolute atomic E-state index is 0.0806. The number of unbranched alkanes of at least 4 members (excludes halogenated alkanes) is 33. The van der Waals surface area contributed by atoms with Gasteiger partial charge in [-0.25, -0.2) is 0 Å². The average Bonchev–Trinajstić information content (AvgIpc) is 3.35. The summed E-state index contributed by atoms with van der Waals surface area (Å²) in [4.78, 5) is 38.2. The van der Waals surface area contributed by atoms with Crippen molar-refractivity contribution in [2.24, 2.45) is 0 Å². The topological polar surface area (TPSA) is 78.9 Å². The highest BCUT2D eigenvalue weighted by molar-refractivity contribution is 5.71. The zero-order valence-corrected chi connectivity index (χ0v) is 45.8. The van der Waals surface area contributed by atoms with Crippen LogP contribution in [0.25, 0.3) is 0 Å². The Morgan fingerprint density at radius 1 is 0.304 bits per heavy atom. The van der Waals surface area contributed by atoms with Gasteiger partial charge in [0.15, 0.2) is 6.10 Å². The smallest absolute Gasteiger partial charge is 0.306 e. The summed E-state index contributed by atoms with van der Waals surface area (Å²) in [6.45, 7) is 6.54. The van der Waals surface area contributed by atoms with Crippen LogP contribution in [0.4, 0.5) is 0 Å². The minimum atomic E-state index is -0.785. The maximum Gasteiger partial charge on any atom is 0.306 e. The Hall–Kier alpha value is -2.89. The van der Waals surface area contributed by atoms with Crippen molar-refractivity contribution >= 4 is 17.9 Å². The van der Waals surface area contributed by atoms with Crippen LogP contribution in [0.5, 0.6) is 0 Å². The molecule has 0 radical (unpaired) electrons. The number of esters is 3. The molecular weight excluding hydrogens is 853 g/mol. The molecule has 1 atom stereocenters. The molecule has 400 valence electrons. The summed E-state index contributed by atoms with van der Waals surface area (Å²) in [5, 5.41) is 0. The van der Waals surface area contributed by atoms with Crippen LogP contribution in [0.1, 0.15) is 303 Å². The van der Waals surface area contributed by atoms with Crippen LogP contribution in [0.3, 0.4) is 0 Å². The van der Waals surface area contributed by atoms with Gasteiger partial charge in [-0.1, -0.05) is 281 Å². The van der Waals surface area contributed by atoms with Gasteiger partial charge in [0.1, 0.15) is 13.2 Å². The molecule has 0 rings (SSSR count). The van der Waals surface area contributed by atoms with Crippen molar-refractivity contribution < 1.29 is 28.6 Å². The quantitative estimate of drug-likeness (QED) is 0.0262. The summed E-state index contributed by atoms with van der Waals surface area (Å²) in [6.07, 6.45) is 72.1. The molecule has 0 unspecified atom stereocenters. The summed E-state index contributed by atoms with van der Waals surface area (Å²) in [5.41, 5.74) is 0. The number of hydrogen-bond donors (Lipinski definition) is 0. The van der Waals surface area contributed by atoms with Gasteiger partial charge < -0.3 is 14.2 Å². The molecule has 0 fully saturated rings. The molecule has 0 N–H and O–H groups in total. The fourth-order valence-corrected chi connectivity index (χ4v) is 8.59. The second-order valence-electron chi connectivity index (χ2n) is 19.9. The lowest BCUT2D eigenvalue weighted by Gasteiger charge is -2.18. The molecule has 0 saturated carbocycles. The predicted octanol–water partition coefficient (Wildman–Crippen LogP) is 20.0. The van der Waals surface area contributed by atoms with E-state index >= 15 is 0 Å². The zero-order valence-electron chi connectivity index (χ0n) is 45.8. The fraction of sp³-hybridized carbons (Fsp3) is 0.794. The molecule has 0 bridgehead atoms. The first-order valence-electron chi connectivity index (χ1n) is 29.8. The first-order valence-corrected chi connectivity index (χ1v) is 29.8. The fourth-order valence-electron chi connectivity index (χ4n) is 8.59. The maximum absolute atomic E-state index is 12.9. The molecule has 0 aliphatic rings. The largest absolute Gasteiger partial charge is 0.462 e. The number of rotatable bonds is 54. The van der Waals surface area contributed by atoms with Gasteiger partial charge in [0.05, 0.1) is 0 Å². The van der Waals surface area contributed by atoms with Crippen molar-refractivity contribution in [1.29, 1.82) is 0 Å². The molecule has 0 heterocycles. The molecule has 0 aliphatic carbocycles. The van der Waals surface area contributed by atoms with Crippen LogP contribution in [-0.4, -0.2) is 37.2 Å². The lowest BCUT2D eigenvalue weighted by atomic mass is 10.0. The van der Waals surface area contributed by atoms with Crippen LogP contribution in [0, 0.1) is 0 Å². The van der Waals surface area contributed by atoms with E-state index in [0.29, 0.717) is 19.3 Å². The molecule has 6 heteroatoms. The van der Waals surface area contributed by atoms with Crippen molar-refractivity contribution in [1.82, 2.24) is 0 Å². The molecule has 0 spiro atoms. The van der Waals surface area contributed by atoms with Crippen LogP contribution >= 0.6 is 0 Å². The van der Waals surface area contributed by atoms with Crippen molar-refractivity contribution in [3.63, 3.8) is 0 Å². The van der Waals surface area contributed by atoms with Gasteiger partial charge in [0.25, 0.3) is 0 Å². The minimum Gasteiger partial charge on any atom is -0.462 e. The molecule has 6 nitrogen and oxygen atoms in total. The van der Waals surface area contributed by atoms with Gasteiger partial charge >= 0.3 is 17.9 Å². The van der Waals surface area contributed by atoms with Crippen LogP contribution in [0.2, 0.25) is 0 Å². The molecule has 0 aromatic rings. The average molecular weight is 966 g/mol. The van der Waals surface area contributed by atoms with Gasteiger partial charge in [-0.2, -0.15) is 0 Å². The second-order valence-corrected chi connectivity index (χ2v) is 19.9. The summed E-state index contributed by atoms with van der Waals surface area (Å²) in [6, 6.07) is 0. The molecule has 0 aromatic carbocycles. The van der Waals surface area contributed by atoms with Crippen molar-refractivity contribution in [2.75, 3.05) is 13.2 Å². The third kappa shape index (κ3) is 55.9. The lowest BCUT2D eigenvalue weighted by molar-refractivity contribution is -0.167. The van der Waals surface area contributed by atoms with Crippen molar-refractivity contribution in [2.45, 2.75) is 309 Å². The maximum atomic E-state index is 12.9. The molecule has 0 saturated heterocycles. The standard InChI is InChI=1S/C63H112O6/c1-4-7-10-13-16-19-22-25-27-29-31-33-35-38-41-44-47-50-53-56-62(65)68-59-60(58-67-61(64)55-52-49-46-43-40-37-24-21-18-15-12-9-6-3)69-63(66)57-54-51-48-45-42-39-36-34-32-30-28-26-23-20-17-14-11-8-5-2/h7,10,16,19,25,27,31,33,38,41,60H,4-6,8-9,11-15,17-18,20-24,26,28-30,32,34-37,39-40,42-59H2,1-3H3/b10-7-,19-16-,27-25-,33-31-,41-38-/t60-/m1/s1. The number of hydrogen-bond acceptors (Lipinski definition) is 6. The lowest BCUT2D eigenvalue weighted by Crippen LogP contribution is -2.30. The molecule has 69 heavy (non-hydrogen) atoms. The Morgan fingerprint density at radius 3 is 0.884 bits per heavy atom.